The van der Waals surface area contributed by atoms with Crippen molar-refractivity contribution in [1.82, 2.24) is 4.31 Å². The van der Waals surface area contributed by atoms with Crippen LogP contribution in [0.3, 0.4) is 0 Å². The van der Waals surface area contributed by atoms with Crippen LogP contribution in [-0.2, 0) is 24.3 Å². The van der Waals surface area contributed by atoms with Crippen LogP contribution in [0, 0.1) is 6.92 Å². The number of hydrogen-bond donors (Lipinski definition) is 1. The van der Waals surface area contributed by atoms with Gasteiger partial charge in [0.05, 0.1) is 30.8 Å². The van der Waals surface area contributed by atoms with Crippen molar-refractivity contribution in [3.05, 3.63) is 40.3 Å². The van der Waals surface area contributed by atoms with Gasteiger partial charge in [0.1, 0.15) is 21.7 Å². The summed E-state index contributed by atoms with van der Waals surface area (Å²) >= 11 is 0.896. The first-order chi connectivity index (χ1) is 16.6. The first kappa shape index (κ1) is 26.6. The first-order valence-electron chi connectivity index (χ1n) is 11.1. The number of carbonyl (C=O) groups is 3. The summed E-state index contributed by atoms with van der Waals surface area (Å²) in [4.78, 5) is 38.4. The fourth-order valence-electron chi connectivity index (χ4n) is 3.81. The Balaban J connectivity index is 1.91. The molecule has 2 aromatic rings. The third kappa shape index (κ3) is 5.49. The number of methoxy groups -OCH3 is 1. The van der Waals surface area contributed by atoms with Crippen LogP contribution in [0.25, 0.3) is 0 Å². The van der Waals surface area contributed by atoms with Crippen LogP contribution in [0.5, 0.6) is 5.75 Å². The molecule has 1 aromatic carbocycles. The molecule has 0 radical (unpaired) electrons. The minimum Gasteiger partial charge on any atom is -0.497 e. The normalized spacial score (nSPS) is 16.1. The lowest BCUT2D eigenvalue weighted by Gasteiger charge is -2.23. The summed E-state index contributed by atoms with van der Waals surface area (Å²) in [5, 5.41) is 2.78. The molecule has 0 bridgehead atoms. The van der Waals surface area contributed by atoms with Gasteiger partial charge in [0.15, 0.2) is 0 Å². The van der Waals surface area contributed by atoms with Gasteiger partial charge in [-0.1, -0.05) is 0 Å². The molecule has 1 atom stereocenters. The molecule has 1 amide bonds. The smallest absolute Gasteiger partial charge is 0.348 e. The van der Waals surface area contributed by atoms with Crippen LogP contribution in [0.2, 0.25) is 0 Å². The second-order valence-electron chi connectivity index (χ2n) is 7.64. The van der Waals surface area contributed by atoms with Crippen molar-refractivity contribution in [2.75, 3.05) is 32.2 Å². The van der Waals surface area contributed by atoms with E-state index in [1.807, 2.05) is 0 Å². The Morgan fingerprint density at radius 2 is 1.71 bits per heavy atom. The van der Waals surface area contributed by atoms with Gasteiger partial charge in [-0.25, -0.2) is 18.0 Å². The van der Waals surface area contributed by atoms with Gasteiger partial charge in [0.25, 0.3) is 0 Å². The van der Waals surface area contributed by atoms with E-state index < -0.39 is 33.9 Å². The highest BCUT2D eigenvalue weighted by Gasteiger charge is 2.40. The standard InChI is InChI=1S/C23H28N2O8S2/c1-5-32-22(27)18-14(3)19(23(28)33-6-2)34-21(18)24-20(26)17-8-7-13-25(17)35(29,30)16-11-9-15(31-4)10-12-16/h9-12,17H,5-8,13H2,1-4H3,(H,24,26). The predicted molar refractivity (Wildman–Crippen MR) is 130 cm³/mol. The van der Waals surface area contributed by atoms with E-state index in [2.05, 4.69) is 5.32 Å². The molecule has 12 heteroatoms. The summed E-state index contributed by atoms with van der Waals surface area (Å²) in [5.74, 6) is -1.40. The van der Waals surface area contributed by atoms with E-state index in [0.717, 1.165) is 15.6 Å². The number of thiophene rings is 1. The largest absolute Gasteiger partial charge is 0.497 e. The van der Waals surface area contributed by atoms with Crippen molar-refractivity contribution >= 4 is 44.2 Å². The van der Waals surface area contributed by atoms with Crippen molar-refractivity contribution < 1.29 is 37.0 Å². The molecule has 0 aliphatic carbocycles. The van der Waals surface area contributed by atoms with Crippen LogP contribution < -0.4 is 10.1 Å². The quantitative estimate of drug-likeness (QED) is 0.495. The molecule has 35 heavy (non-hydrogen) atoms. The highest BCUT2D eigenvalue weighted by molar-refractivity contribution is 7.89. The Morgan fingerprint density at radius 3 is 2.31 bits per heavy atom. The molecule has 1 fully saturated rings. The Morgan fingerprint density at radius 1 is 1.09 bits per heavy atom. The maximum Gasteiger partial charge on any atom is 0.348 e. The van der Waals surface area contributed by atoms with E-state index >= 15 is 0 Å². The average Bonchev–Trinajstić information content (AvgIpc) is 3.45. The molecule has 1 aliphatic heterocycles. The Hall–Kier alpha value is -2.96. The number of amides is 1. The molecule has 190 valence electrons. The number of ether oxygens (including phenoxy) is 3. The maximum absolute atomic E-state index is 13.3. The minimum absolute atomic E-state index is 0.0433. The number of nitrogens with one attached hydrogen (secondary N) is 1. The Kier molecular flexibility index (Phi) is 8.51. The summed E-state index contributed by atoms with van der Waals surface area (Å²) in [6, 6.07) is 4.94. The molecular formula is C23H28N2O8S2. The topological polar surface area (TPSA) is 128 Å². The lowest BCUT2D eigenvalue weighted by molar-refractivity contribution is -0.119. The van der Waals surface area contributed by atoms with Crippen molar-refractivity contribution in [2.24, 2.45) is 0 Å². The number of hydrogen-bond acceptors (Lipinski definition) is 9. The second kappa shape index (κ2) is 11.2. The van der Waals surface area contributed by atoms with Crippen molar-refractivity contribution in [1.29, 1.82) is 0 Å². The Bertz CT molecular complexity index is 1200. The highest BCUT2D eigenvalue weighted by Crippen LogP contribution is 2.35. The lowest BCUT2D eigenvalue weighted by atomic mass is 10.1. The Labute approximate surface area is 208 Å². The molecule has 1 saturated heterocycles. The number of esters is 2. The van der Waals surface area contributed by atoms with Gasteiger partial charge in [-0.2, -0.15) is 4.31 Å². The van der Waals surface area contributed by atoms with E-state index in [1.165, 1.54) is 31.4 Å². The second-order valence-corrected chi connectivity index (χ2v) is 10.6. The zero-order chi connectivity index (χ0) is 25.8. The van der Waals surface area contributed by atoms with Gasteiger partial charge >= 0.3 is 11.9 Å². The van der Waals surface area contributed by atoms with E-state index in [1.54, 1.807) is 20.8 Å². The fraction of sp³-hybridized carbons (Fsp3) is 0.435. The van der Waals surface area contributed by atoms with Crippen molar-refractivity contribution in [3.63, 3.8) is 0 Å². The van der Waals surface area contributed by atoms with E-state index in [4.69, 9.17) is 14.2 Å². The van der Waals surface area contributed by atoms with Gasteiger partial charge in [0, 0.05) is 6.54 Å². The number of carbonyl (C=O) groups excluding carboxylic acids is 3. The van der Waals surface area contributed by atoms with Gasteiger partial charge in [-0.3, -0.25) is 4.79 Å². The molecular weight excluding hydrogens is 496 g/mol. The molecule has 1 aliphatic rings. The average molecular weight is 525 g/mol. The molecule has 1 aromatic heterocycles. The zero-order valence-corrected chi connectivity index (χ0v) is 21.6. The first-order valence-corrected chi connectivity index (χ1v) is 13.4. The number of benzene rings is 1. The van der Waals surface area contributed by atoms with Gasteiger partial charge in [-0.05, 0) is 63.4 Å². The molecule has 1 N–H and O–H groups in total. The number of sulfonamides is 1. The molecule has 0 spiro atoms. The molecule has 3 rings (SSSR count). The highest BCUT2D eigenvalue weighted by atomic mass is 32.2. The van der Waals surface area contributed by atoms with Gasteiger partial charge in [-0.15, -0.1) is 11.3 Å². The summed E-state index contributed by atoms with van der Waals surface area (Å²) in [6.07, 6.45) is 0.806. The van der Waals surface area contributed by atoms with E-state index in [9.17, 15) is 22.8 Å². The predicted octanol–water partition coefficient (Wildman–Crippen LogP) is 3.21. The summed E-state index contributed by atoms with van der Waals surface area (Å²) < 4.78 is 42.9. The maximum atomic E-state index is 13.3. The van der Waals surface area contributed by atoms with E-state index in [-0.39, 0.29) is 40.1 Å². The van der Waals surface area contributed by atoms with Crippen molar-refractivity contribution in [2.45, 2.75) is 44.6 Å². The monoisotopic (exact) mass is 524 g/mol. The summed E-state index contributed by atoms with van der Waals surface area (Å²) in [7, 11) is -2.47. The SMILES string of the molecule is CCOC(=O)c1sc(NC(=O)C2CCCN2S(=O)(=O)c2ccc(OC)cc2)c(C(=O)OCC)c1C. The summed E-state index contributed by atoms with van der Waals surface area (Å²) in [6.45, 7) is 5.30. The molecule has 2 heterocycles. The summed E-state index contributed by atoms with van der Waals surface area (Å²) in [5.41, 5.74) is 0.382. The molecule has 10 nitrogen and oxygen atoms in total. The van der Waals surface area contributed by atoms with E-state index in [0.29, 0.717) is 24.2 Å². The fourth-order valence-corrected chi connectivity index (χ4v) is 6.56. The minimum atomic E-state index is -3.95. The third-order valence-electron chi connectivity index (χ3n) is 5.50. The molecule has 0 saturated carbocycles. The lowest BCUT2D eigenvalue weighted by Crippen LogP contribution is -2.43. The van der Waals surface area contributed by atoms with Crippen LogP contribution in [0.4, 0.5) is 5.00 Å². The van der Waals surface area contributed by atoms with Crippen LogP contribution >= 0.6 is 11.3 Å². The van der Waals surface area contributed by atoms with Gasteiger partial charge in [0.2, 0.25) is 15.9 Å². The number of rotatable bonds is 9. The van der Waals surface area contributed by atoms with Crippen molar-refractivity contribution in [3.8, 4) is 5.75 Å². The van der Waals surface area contributed by atoms with Gasteiger partial charge < -0.3 is 19.5 Å². The van der Waals surface area contributed by atoms with Crippen LogP contribution in [0.15, 0.2) is 29.2 Å². The van der Waals surface area contributed by atoms with Crippen LogP contribution in [0.1, 0.15) is 52.3 Å². The molecule has 1 unspecified atom stereocenters. The van der Waals surface area contributed by atoms with Crippen LogP contribution in [-0.4, -0.2) is 63.5 Å². The third-order valence-corrected chi connectivity index (χ3v) is 8.61. The number of nitrogens with zero attached hydrogens (tertiary/aromatic N) is 1. The zero-order valence-electron chi connectivity index (χ0n) is 20.0. The number of anilines is 1.